The summed E-state index contributed by atoms with van der Waals surface area (Å²) < 4.78 is 2.34. The highest BCUT2D eigenvalue weighted by atomic mass is 79.9. The van der Waals surface area contributed by atoms with Crippen LogP contribution in [0.3, 0.4) is 0 Å². The van der Waals surface area contributed by atoms with Crippen LogP contribution in [0.5, 0.6) is 0 Å². The van der Waals surface area contributed by atoms with Crippen LogP contribution >= 0.6 is 7.26 Å². The highest BCUT2D eigenvalue weighted by molar-refractivity contribution is 7.94. The Balaban J connectivity index is 0.00000171. The third-order valence-electron chi connectivity index (χ3n) is 5.36. The number of pyridine rings is 1. The highest BCUT2D eigenvalue weighted by Gasteiger charge is 2.49. The number of nitrogens with zero attached hydrogens (tertiary/aromatic N) is 2. The molecule has 1 heterocycles. The predicted octanol–water partition coefficient (Wildman–Crippen LogP) is -2.00. The zero-order chi connectivity index (χ0) is 20.1. The lowest BCUT2D eigenvalue weighted by atomic mass is 10.4. The molecular formula is C26H27Br2N2P. The Kier molecular flexibility index (Phi) is 9.43. The van der Waals surface area contributed by atoms with Gasteiger partial charge in [0.1, 0.15) is 15.9 Å². The van der Waals surface area contributed by atoms with Gasteiger partial charge in [-0.25, -0.2) is 0 Å². The number of halogens is 2. The van der Waals surface area contributed by atoms with Gasteiger partial charge in [0, 0.05) is 31.9 Å². The minimum absolute atomic E-state index is 0. The van der Waals surface area contributed by atoms with Crippen molar-refractivity contribution in [3.63, 3.8) is 0 Å². The molecule has 4 aromatic rings. The fraction of sp³-hybridized carbons (Fsp3) is 0.115. The largest absolute Gasteiger partial charge is 1.00 e. The van der Waals surface area contributed by atoms with Crippen molar-refractivity contribution < 1.29 is 38.5 Å². The molecule has 0 N–H and O–H groups in total. The third-order valence-corrected chi connectivity index (χ3v) is 9.65. The normalized spacial score (nSPS) is 10.5. The van der Waals surface area contributed by atoms with Crippen LogP contribution in [0.1, 0.15) is 0 Å². The Morgan fingerprint density at radius 3 is 1.26 bits per heavy atom. The molecule has 0 aliphatic rings. The zero-order valence-electron chi connectivity index (χ0n) is 17.8. The average Bonchev–Trinajstić information content (AvgIpc) is 2.79. The molecule has 0 radical (unpaired) electrons. The van der Waals surface area contributed by atoms with Crippen LogP contribution in [-0.4, -0.2) is 14.1 Å². The number of benzene rings is 3. The molecule has 0 saturated heterocycles. The van der Waals surface area contributed by atoms with Gasteiger partial charge in [-0.2, -0.15) is 4.57 Å². The number of hydrogen-bond donors (Lipinski definition) is 0. The first-order chi connectivity index (χ1) is 14.2. The van der Waals surface area contributed by atoms with Gasteiger partial charge in [-0.15, -0.1) is 0 Å². The van der Waals surface area contributed by atoms with Crippen molar-refractivity contribution in [1.82, 2.24) is 0 Å². The lowest BCUT2D eigenvalue weighted by Crippen LogP contribution is -3.00. The van der Waals surface area contributed by atoms with E-state index in [2.05, 4.69) is 139 Å². The third kappa shape index (κ3) is 5.44. The Morgan fingerprint density at radius 2 is 0.935 bits per heavy atom. The maximum absolute atomic E-state index is 2.34. The van der Waals surface area contributed by atoms with E-state index in [4.69, 9.17) is 0 Å². The van der Waals surface area contributed by atoms with E-state index in [1.54, 1.807) is 0 Å². The first-order valence-electron chi connectivity index (χ1n) is 9.91. The Morgan fingerprint density at radius 1 is 0.581 bits per heavy atom. The number of anilines is 1. The maximum Gasteiger partial charge on any atom is 0.262 e. The van der Waals surface area contributed by atoms with Gasteiger partial charge in [-0.1, -0.05) is 54.6 Å². The standard InChI is InChI=1S/C26H27N2P.2BrH/c1-27(2)23-18-20-28(21-19-23)22-29(24-12-6-3-7-13-24,25-14-8-4-9-15-25)26-16-10-5-11-17-26;;/h3-21H,22H2,1-2H3;2*1H/q+2;;/p-2. The fourth-order valence-electron chi connectivity index (χ4n) is 3.83. The molecule has 0 aliphatic carbocycles. The zero-order valence-corrected chi connectivity index (χ0v) is 21.8. The quantitative estimate of drug-likeness (QED) is 0.196. The van der Waals surface area contributed by atoms with Crippen molar-refractivity contribution in [3.8, 4) is 0 Å². The lowest BCUT2D eigenvalue weighted by Gasteiger charge is -2.24. The monoisotopic (exact) mass is 556 g/mol. The molecule has 0 fully saturated rings. The van der Waals surface area contributed by atoms with Gasteiger partial charge in [0.05, 0.1) is 0 Å². The van der Waals surface area contributed by atoms with Crippen LogP contribution in [0.25, 0.3) is 0 Å². The summed E-state index contributed by atoms with van der Waals surface area (Å²) in [5.74, 6) is 0. The van der Waals surface area contributed by atoms with Crippen LogP contribution in [-0.2, 0) is 6.29 Å². The van der Waals surface area contributed by atoms with Crippen LogP contribution in [0.4, 0.5) is 5.69 Å². The molecule has 5 heteroatoms. The molecule has 0 amide bonds. The molecule has 0 aliphatic heterocycles. The first-order valence-corrected chi connectivity index (χ1v) is 11.9. The van der Waals surface area contributed by atoms with E-state index < -0.39 is 7.26 Å². The first kappa shape index (κ1) is 25.3. The topological polar surface area (TPSA) is 7.12 Å². The second kappa shape index (κ2) is 11.6. The minimum Gasteiger partial charge on any atom is -1.00 e. The van der Waals surface area contributed by atoms with E-state index >= 15 is 0 Å². The van der Waals surface area contributed by atoms with Gasteiger partial charge < -0.3 is 38.9 Å². The number of aromatic nitrogens is 1. The van der Waals surface area contributed by atoms with Crippen molar-refractivity contribution in [2.75, 3.05) is 19.0 Å². The molecule has 160 valence electrons. The Hall–Kier alpha value is -2.00. The minimum atomic E-state index is -1.86. The predicted molar refractivity (Wildman–Crippen MR) is 126 cm³/mol. The van der Waals surface area contributed by atoms with E-state index in [9.17, 15) is 0 Å². The van der Waals surface area contributed by atoms with Crippen molar-refractivity contribution in [2.45, 2.75) is 6.29 Å². The van der Waals surface area contributed by atoms with E-state index in [0.717, 1.165) is 6.29 Å². The molecule has 4 rings (SSSR count). The van der Waals surface area contributed by atoms with Gasteiger partial charge in [0.25, 0.3) is 6.29 Å². The van der Waals surface area contributed by atoms with Crippen LogP contribution in [0, 0.1) is 0 Å². The van der Waals surface area contributed by atoms with E-state index in [1.807, 2.05) is 0 Å². The smallest absolute Gasteiger partial charge is 0.262 e. The molecule has 0 spiro atoms. The fourth-order valence-corrected chi connectivity index (χ4v) is 7.93. The number of rotatable bonds is 6. The lowest BCUT2D eigenvalue weighted by molar-refractivity contribution is -0.677. The Bertz CT molecular complexity index is 944. The summed E-state index contributed by atoms with van der Waals surface area (Å²) in [5, 5.41) is 4.21. The van der Waals surface area contributed by atoms with Gasteiger partial charge in [0.2, 0.25) is 0 Å². The SMILES string of the molecule is CN(C)c1cc[n+](C[P+](c2ccccc2)(c2ccccc2)c2ccccc2)cc1.[Br-].[Br-]. The molecule has 0 atom stereocenters. The van der Waals surface area contributed by atoms with Crippen molar-refractivity contribution in [2.24, 2.45) is 0 Å². The Labute approximate surface area is 207 Å². The van der Waals surface area contributed by atoms with E-state index in [0.29, 0.717) is 0 Å². The maximum atomic E-state index is 2.34. The van der Waals surface area contributed by atoms with Crippen LogP contribution < -0.4 is 59.3 Å². The summed E-state index contributed by atoms with van der Waals surface area (Å²) in [6, 6.07) is 37.4. The second-order valence-corrected chi connectivity index (χ2v) is 10.9. The summed E-state index contributed by atoms with van der Waals surface area (Å²) in [4.78, 5) is 2.14. The van der Waals surface area contributed by atoms with Gasteiger partial charge in [-0.05, 0) is 36.4 Å². The average molecular weight is 558 g/mol. The molecule has 1 aromatic heterocycles. The van der Waals surface area contributed by atoms with Gasteiger partial charge in [-0.3, -0.25) is 0 Å². The summed E-state index contributed by atoms with van der Waals surface area (Å²) in [6.45, 7) is 0. The summed E-state index contributed by atoms with van der Waals surface area (Å²) >= 11 is 0. The molecule has 31 heavy (non-hydrogen) atoms. The molecule has 0 unspecified atom stereocenters. The van der Waals surface area contributed by atoms with Crippen molar-refractivity contribution in [1.29, 1.82) is 0 Å². The summed E-state index contributed by atoms with van der Waals surface area (Å²) in [7, 11) is 2.29. The number of hydrogen-bond acceptors (Lipinski definition) is 1. The van der Waals surface area contributed by atoms with Crippen LogP contribution in [0.2, 0.25) is 0 Å². The molecule has 3 aromatic carbocycles. The molecule has 2 nitrogen and oxygen atoms in total. The summed E-state index contributed by atoms with van der Waals surface area (Å²) in [6.07, 6.45) is 5.34. The summed E-state index contributed by atoms with van der Waals surface area (Å²) in [5.41, 5.74) is 1.21. The van der Waals surface area contributed by atoms with Gasteiger partial charge in [0.15, 0.2) is 19.7 Å². The molecular weight excluding hydrogens is 531 g/mol. The highest BCUT2D eigenvalue weighted by Crippen LogP contribution is 2.55. The van der Waals surface area contributed by atoms with E-state index in [-0.39, 0.29) is 34.0 Å². The second-order valence-electron chi connectivity index (χ2n) is 7.42. The van der Waals surface area contributed by atoms with E-state index in [1.165, 1.54) is 21.6 Å². The van der Waals surface area contributed by atoms with Crippen molar-refractivity contribution in [3.05, 3.63) is 116 Å². The van der Waals surface area contributed by atoms with Crippen molar-refractivity contribution >= 4 is 28.9 Å². The molecule has 0 bridgehead atoms. The van der Waals surface area contributed by atoms with Crippen LogP contribution in [0.15, 0.2) is 116 Å². The van der Waals surface area contributed by atoms with Gasteiger partial charge >= 0.3 is 0 Å². The molecule has 0 saturated carbocycles.